The molecule has 2 aromatic rings. The van der Waals surface area contributed by atoms with E-state index in [1.54, 1.807) is 6.20 Å². The first-order chi connectivity index (χ1) is 9.11. The Morgan fingerprint density at radius 3 is 2.74 bits per heavy atom. The van der Waals surface area contributed by atoms with Crippen LogP contribution in [0.3, 0.4) is 0 Å². The first kappa shape index (κ1) is 13.0. The number of nitrogens with zero attached hydrogens (tertiary/aromatic N) is 3. The molecule has 0 radical (unpaired) electrons. The third-order valence-electron chi connectivity index (χ3n) is 3.00. The van der Waals surface area contributed by atoms with Crippen LogP contribution in [0, 0.1) is 32.1 Å². The van der Waals surface area contributed by atoms with Gasteiger partial charge in [-0.1, -0.05) is 6.07 Å². The number of pyridine rings is 2. The van der Waals surface area contributed by atoms with Gasteiger partial charge in [0.05, 0.1) is 17.8 Å². The normalized spacial score (nSPS) is 10.0. The minimum absolute atomic E-state index is 0.567. The van der Waals surface area contributed by atoms with Crippen molar-refractivity contribution in [1.82, 2.24) is 9.97 Å². The molecule has 0 atom stereocenters. The molecule has 2 aromatic heterocycles. The van der Waals surface area contributed by atoms with Crippen LogP contribution >= 0.6 is 0 Å². The fourth-order valence-electron chi connectivity index (χ4n) is 1.98. The molecule has 0 bridgehead atoms. The molecular weight excluding hydrogens is 236 g/mol. The monoisotopic (exact) mass is 252 g/mol. The van der Waals surface area contributed by atoms with Crippen LogP contribution in [-0.2, 0) is 6.54 Å². The van der Waals surface area contributed by atoms with Crippen LogP contribution in [0.15, 0.2) is 24.4 Å². The fraction of sp³-hybridized carbons (Fsp3) is 0.267. The zero-order chi connectivity index (χ0) is 13.8. The highest BCUT2D eigenvalue weighted by molar-refractivity contribution is 5.56. The quantitative estimate of drug-likeness (QED) is 0.912. The lowest BCUT2D eigenvalue weighted by molar-refractivity contribution is 0.995. The largest absolute Gasteiger partial charge is 0.363 e. The highest BCUT2D eigenvalue weighted by Crippen LogP contribution is 2.18. The lowest BCUT2D eigenvalue weighted by atomic mass is 10.1. The molecule has 0 aliphatic carbocycles. The summed E-state index contributed by atoms with van der Waals surface area (Å²) < 4.78 is 0. The molecule has 0 spiro atoms. The van der Waals surface area contributed by atoms with Crippen LogP contribution in [-0.4, -0.2) is 9.97 Å². The highest BCUT2D eigenvalue weighted by Gasteiger charge is 2.08. The Balaban J connectivity index is 2.25. The zero-order valence-electron chi connectivity index (χ0n) is 11.4. The van der Waals surface area contributed by atoms with Gasteiger partial charge < -0.3 is 5.32 Å². The molecule has 2 heterocycles. The van der Waals surface area contributed by atoms with Crippen LogP contribution in [0.25, 0.3) is 0 Å². The second-order valence-corrected chi connectivity index (χ2v) is 4.54. The molecule has 0 aliphatic heterocycles. The van der Waals surface area contributed by atoms with Crippen molar-refractivity contribution >= 4 is 5.82 Å². The van der Waals surface area contributed by atoms with Gasteiger partial charge in [-0.25, -0.2) is 4.98 Å². The Hall–Kier alpha value is -2.41. The van der Waals surface area contributed by atoms with Gasteiger partial charge in [0.2, 0.25) is 0 Å². The van der Waals surface area contributed by atoms with Crippen LogP contribution in [0.4, 0.5) is 5.82 Å². The number of nitrogens with one attached hydrogen (secondary N) is 1. The van der Waals surface area contributed by atoms with Gasteiger partial charge in [-0.3, -0.25) is 4.98 Å². The Morgan fingerprint density at radius 2 is 2.05 bits per heavy atom. The number of anilines is 1. The molecule has 0 aromatic carbocycles. The second-order valence-electron chi connectivity index (χ2n) is 4.54. The number of rotatable bonds is 3. The predicted molar refractivity (Wildman–Crippen MR) is 74.7 cm³/mol. The molecule has 4 nitrogen and oxygen atoms in total. The number of hydrogen-bond acceptors (Lipinski definition) is 4. The molecule has 1 N–H and O–H groups in total. The summed E-state index contributed by atoms with van der Waals surface area (Å²) in [6.45, 7) is 6.43. The summed E-state index contributed by atoms with van der Waals surface area (Å²) in [6.07, 6.45) is 1.77. The lowest BCUT2D eigenvalue weighted by Gasteiger charge is -2.11. The van der Waals surface area contributed by atoms with Crippen molar-refractivity contribution in [2.45, 2.75) is 27.3 Å². The molecule has 4 heteroatoms. The van der Waals surface area contributed by atoms with Gasteiger partial charge in [-0.05, 0) is 44.0 Å². The minimum atomic E-state index is 0.567. The van der Waals surface area contributed by atoms with E-state index < -0.39 is 0 Å². The van der Waals surface area contributed by atoms with E-state index in [4.69, 9.17) is 0 Å². The summed E-state index contributed by atoms with van der Waals surface area (Å²) in [6, 6.07) is 8.04. The summed E-state index contributed by atoms with van der Waals surface area (Å²) in [5.74, 6) is 0.630. The number of aryl methyl sites for hydroxylation is 3. The SMILES string of the molecule is Cc1cc(C)c(C#N)c(NCc2ncccc2C)n1. The molecule has 0 amide bonds. The fourth-order valence-corrected chi connectivity index (χ4v) is 1.98. The van der Waals surface area contributed by atoms with E-state index in [1.807, 2.05) is 39.0 Å². The van der Waals surface area contributed by atoms with Gasteiger partial charge in [0.25, 0.3) is 0 Å². The molecule has 96 valence electrons. The second kappa shape index (κ2) is 5.49. The summed E-state index contributed by atoms with van der Waals surface area (Å²) in [7, 11) is 0. The van der Waals surface area contributed by atoms with E-state index >= 15 is 0 Å². The van der Waals surface area contributed by atoms with E-state index in [9.17, 15) is 5.26 Å². The molecular formula is C15H16N4. The number of aromatic nitrogens is 2. The Morgan fingerprint density at radius 1 is 1.26 bits per heavy atom. The Labute approximate surface area is 113 Å². The minimum Gasteiger partial charge on any atom is -0.363 e. The first-order valence-electron chi connectivity index (χ1n) is 6.14. The van der Waals surface area contributed by atoms with Crippen molar-refractivity contribution in [3.8, 4) is 6.07 Å². The predicted octanol–water partition coefficient (Wildman–Crippen LogP) is 2.89. The number of nitriles is 1. The molecule has 2 rings (SSSR count). The third kappa shape index (κ3) is 2.89. The van der Waals surface area contributed by atoms with Crippen LogP contribution in [0.1, 0.15) is 28.1 Å². The lowest BCUT2D eigenvalue weighted by Crippen LogP contribution is -2.08. The molecule has 0 saturated carbocycles. The van der Waals surface area contributed by atoms with Crippen molar-refractivity contribution in [2.24, 2.45) is 0 Å². The van der Waals surface area contributed by atoms with Crippen molar-refractivity contribution in [2.75, 3.05) is 5.32 Å². The van der Waals surface area contributed by atoms with E-state index in [1.165, 1.54) is 0 Å². The molecule has 0 aliphatic rings. The summed E-state index contributed by atoms with van der Waals surface area (Å²) in [4.78, 5) is 8.71. The van der Waals surface area contributed by atoms with Crippen molar-refractivity contribution < 1.29 is 0 Å². The maximum atomic E-state index is 9.20. The maximum absolute atomic E-state index is 9.20. The summed E-state index contributed by atoms with van der Waals surface area (Å²) in [5, 5.41) is 12.4. The van der Waals surface area contributed by atoms with Gasteiger partial charge in [0.1, 0.15) is 11.9 Å². The topological polar surface area (TPSA) is 61.6 Å². The van der Waals surface area contributed by atoms with E-state index in [-0.39, 0.29) is 0 Å². The molecule has 19 heavy (non-hydrogen) atoms. The average Bonchev–Trinajstić information content (AvgIpc) is 2.37. The van der Waals surface area contributed by atoms with Gasteiger partial charge in [-0.2, -0.15) is 5.26 Å². The standard InChI is InChI=1S/C15H16N4/c1-10-5-4-6-17-14(10)9-18-15-13(8-16)11(2)7-12(3)19-15/h4-7H,9H2,1-3H3,(H,18,19). The summed E-state index contributed by atoms with van der Waals surface area (Å²) >= 11 is 0. The van der Waals surface area contributed by atoms with E-state index in [0.29, 0.717) is 17.9 Å². The Bertz CT molecular complexity index is 641. The molecule has 0 saturated heterocycles. The van der Waals surface area contributed by atoms with Crippen molar-refractivity contribution in [3.63, 3.8) is 0 Å². The smallest absolute Gasteiger partial charge is 0.144 e. The van der Waals surface area contributed by atoms with Crippen LogP contribution in [0.2, 0.25) is 0 Å². The summed E-state index contributed by atoms with van der Waals surface area (Å²) in [5.41, 5.74) is 4.52. The Kier molecular flexibility index (Phi) is 3.76. The molecule has 0 unspecified atom stereocenters. The zero-order valence-corrected chi connectivity index (χ0v) is 11.4. The molecule has 0 fully saturated rings. The van der Waals surface area contributed by atoms with Crippen LogP contribution in [0.5, 0.6) is 0 Å². The third-order valence-corrected chi connectivity index (χ3v) is 3.00. The van der Waals surface area contributed by atoms with Crippen molar-refractivity contribution in [3.05, 3.63) is 52.5 Å². The van der Waals surface area contributed by atoms with E-state index in [0.717, 1.165) is 22.5 Å². The van der Waals surface area contributed by atoms with Gasteiger partial charge in [-0.15, -0.1) is 0 Å². The van der Waals surface area contributed by atoms with Crippen LogP contribution < -0.4 is 5.32 Å². The van der Waals surface area contributed by atoms with Gasteiger partial charge >= 0.3 is 0 Å². The highest BCUT2D eigenvalue weighted by atomic mass is 15.0. The maximum Gasteiger partial charge on any atom is 0.144 e. The van der Waals surface area contributed by atoms with E-state index in [2.05, 4.69) is 21.4 Å². The van der Waals surface area contributed by atoms with Gasteiger partial charge in [0.15, 0.2) is 0 Å². The first-order valence-corrected chi connectivity index (χ1v) is 6.14. The number of hydrogen-bond donors (Lipinski definition) is 1. The van der Waals surface area contributed by atoms with Crippen molar-refractivity contribution in [1.29, 1.82) is 5.26 Å². The average molecular weight is 252 g/mol. The van der Waals surface area contributed by atoms with Gasteiger partial charge in [0, 0.05) is 11.9 Å².